The first kappa shape index (κ1) is 20.3. The first-order chi connectivity index (χ1) is 15.3. The fourth-order valence-corrected chi connectivity index (χ4v) is 3.57. The maximum absolute atomic E-state index is 12.9. The van der Waals surface area contributed by atoms with Gasteiger partial charge in [-0.1, -0.05) is 109 Å². The summed E-state index contributed by atoms with van der Waals surface area (Å²) in [6.45, 7) is 0.540. The molecule has 1 N–H and O–H groups in total. The molecule has 0 aromatic heterocycles. The van der Waals surface area contributed by atoms with Crippen molar-refractivity contribution < 1.29 is 9.53 Å². The van der Waals surface area contributed by atoms with Crippen molar-refractivity contribution in [3.05, 3.63) is 114 Å². The second kappa shape index (κ2) is 10.1. The maximum atomic E-state index is 12.9. The Labute approximate surface area is 182 Å². The van der Waals surface area contributed by atoms with Crippen LogP contribution in [0.15, 0.2) is 103 Å². The van der Waals surface area contributed by atoms with Crippen LogP contribution in [-0.4, -0.2) is 19.1 Å². The minimum absolute atomic E-state index is 0.0679. The molecule has 1 amide bonds. The zero-order valence-electron chi connectivity index (χ0n) is 17.1. The van der Waals surface area contributed by atoms with Crippen molar-refractivity contribution in [2.45, 2.75) is 5.92 Å². The highest BCUT2D eigenvalue weighted by Gasteiger charge is 2.21. The van der Waals surface area contributed by atoms with E-state index in [1.165, 1.54) is 0 Å². The van der Waals surface area contributed by atoms with E-state index in [4.69, 9.17) is 4.74 Å². The van der Waals surface area contributed by atoms with Crippen molar-refractivity contribution in [3.63, 3.8) is 0 Å². The van der Waals surface area contributed by atoms with Gasteiger partial charge in [-0.05, 0) is 22.6 Å². The zero-order valence-corrected chi connectivity index (χ0v) is 17.1. The van der Waals surface area contributed by atoms with Crippen LogP contribution in [0.5, 0.6) is 5.75 Å². The Morgan fingerprint density at radius 1 is 0.742 bits per heavy atom. The smallest absolute Gasteiger partial charge is 0.232 e. The highest BCUT2D eigenvalue weighted by Crippen LogP contribution is 2.25. The van der Waals surface area contributed by atoms with Crippen LogP contribution in [0.25, 0.3) is 10.8 Å². The van der Waals surface area contributed by atoms with Gasteiger partial charge in [0.05, 0.1) is 12.5 Å². The van der Waals surface area contributed by atoms with Gasteiger partial charge in [-0.3, -0.25) is 4.79 Å². The minimum Gasteiger partial charge on any atom is -0.480 e. The molecule has 0 radical (unpaired) electrons. The lowest BCUT2D eigenvalue weighted by molar-refractivity contribution is -0.121. The van der Waals surface area contributed by atoms with Gasteiger partial charge in [0.25, 0.3) is 0 Å². The molecule has 152 valence electrons. The Morgan fingerprint density at radius 2 is 1.35 bits per heavy atom. The fourth-order valence-electron chi connectivity index (χ4n) is 3.57. The van der Waals surface area contributed by atoms with Crippen LogP contribution in [0.3, 0.4) is 0 Å². The molecule has 0 fully saturated rings. The molecule has 4 rings (SSSR count). The molecule has 4 aromatic rings. The van der Waals surface area contributed by atoms with Gasteiger partial charge in [-0.2, -0.15) is 0 Å². The van der Waals surface area contributed by atoms with E-state index in [9.17, 15) is 4.79 Å². The Morgan fingerprint density at radius 3 is 2.06 bits per heavy atom. The number of rotatable bonds is 6. The topological polar surface area (TPSA) is 38.3 Å². The van der Waals surface area contributed by atoms with Crippen molar-refractivity contribution in [3.8, 4) is 17.6 Å². The summed E-state index contributed by atoms with van der Waals surface area (Å²) in [5.41, 5.74) is 1.91. The van der Waals surface area contributed by atoms with Crippen molar-refractivity contribution in [1.29, 1.82) is 0 Å². The second-order valence-corrected chi connectivity index (χ2v) is 7.09. The van der Waals surface area contributed by atoms with Crippen LogP contribution in [0.4, 0.5) is 0 Å². The highest BCUT2D eigenvalue weighted by atomic mass is 16.5. The van der Waals surface area contributed by atoms with Gasteiger partial charge in [0, 0.05) is 5.39 Å². The molecule has 4 aromatic carbocycles. The van der Waals surface area contributed by atoms with Gasteiger partial charge in [-0.15, -0.1) is 0 Å². The van der Waals surface area contributed by atoms with Crippen LogP contribution in [-0.2, 0) is 4.79 Å². The normalized spacial score (nSPS) is 10.4. The molecule has 0 spiro atoms. The van der Waals surface area contributed by atoms with E-state index in [1.807, 2.05) is 91.0 Å². The summed E-state index contributed by atoms with van der Waals surface area (Å²) in [6.07, 6.45) is 0. The monoisotopic (exact) mass is 405 g/mol. The summed E-state index contributed by atoms with van der Waals surface area (Å²) in [6, 6.07) is 33.6. The summed E-state index contributed by atoms with van der Waals surface area (Å²) in [4.78, 5) is 12.9. The van der Waals surface area contributed by atoms with E-state index in [0.717, 1.165) is 27.6 Å². The zero-order chi connectivity index (χ0) is 21.3. The highest BCUT2D eigenvalue weighted by molar-refractivity contribution is 5.88. The van der Waals surface area contributed by atoms with Crippen molar-refractivity contribution >= 4 is 16.7 Å². The number of hydrogen-bond donors (Lipinski definition) is 1. The van der Waals surface area contributed by atoms with Crippen molar-refractivity contribution in [2.75, 3.05) is 13.2 Å². The third-order valence-corrected chi connectivity index (χ3v) is 5.05. The molecule has 0 unspecified atom stereocenters. The van der Waals surface area contributed by atoms with Gasteiger partial charge in [0.15, 0.2) is 0 Å². The molecule has 0 saturated carbocycles. The lowest BCUT2D eigenvalue weighted by Crippen LogP contribution is -2.30. The summed E-state index contributed by atoms with van der Waals surface area (Å²) < 4.78 is 5.83. The van der Waals surface area contributed by atoms with Crippen LogP contribution < -0.4 is 10.1 Å². The maximum Gasteiger partial charge on any atom is 0.232 e. The molecule has 0 aliphatic carbocycles. The van der Waals surface area contributed by atoms with E-state index < -0.39 is 0 Å². The number of nitrogens with one attached hydrogen (secondary N) is 1. The Hall–Kier alpha value is -4.03. The van der Waals surface area contributed by atoms with E-state index >= 15 is 0 Å². The third-order valence-electron chi connectivity index (χ3n) is 5.05. The van der Waals surface area contributed by atoms with Crippen LogP contribution >= 0.6 is 0 Å². The first-order valence-corrected chi connectivity index (χ1v) is 10.3. The minimum atomic E-state index is -0.365. The number of fused-ring (bicyclic) bond motifs is 1. The predicted octanol–water partition coefficient (Wildman–Crippen LogP) is 5.17. The number of benzene rings is 4. The standard InChI is InChI=1S/C28H23NO2/c30-28(27(23-13-3-1-4-14-23)24-15-5-2-6-16-24)29-20-9-10-21-31-26-19-11-17-22-12-7-8-18-25(22)26/h1-8,11-19,27H,20-21H2,(H,29,30). The molecule has 0 heterocycles. The number of hydrogen-bond acceptors (Lipinski definition) is 2. The Balaban J connectivity index is 1.36. The van der Waals surface area contributed by atoms with E-state index in [2.05, 4.69) is 29.3 Å². The molecule has 31 heavy (non-hydrogen) atoms. The van der Waals surface area contributed by atoms with Crippen molar-refractivity contribution in [2.24, 2.45) is 0 Å². The quantitative estimate of drug-likeness (QED) is 0.450. The van der Waals surface area contributed by atoms with Crippen LogP contribution in [0.1, 0.15) is 17.0 Å². The molecule has 3 nitrogen and oxygen atoms in total. The number of carbonyl (C=O) groups excluding carboxylic acids is 1. The van der Waals surface area contributed by atoms with E-state index in [1.54, 1.807) is 0 Å². The van der Waals surface area contributed by atoms with Gasteiger partial charge in [0.1, 0.15) is 12.4 Å². The summed E-state index contributed by atoms with van der Waals surface area (Å²) in [7, 11) is 0. The van der Waals surface area contributed by atoms with Gasteiger partial charge >= 0.3 is 0 Å². The molecule has 3 heteroatoms. The summed E-state index contributed by atoms with van der Waals surface area (Å²) in [5, 5.41) is 5.14. The molecular formula is C28H23NO2. The molecule has 0 aliphatic heterocycles. The second-order valence-electron chi connectivity index (χ2n) is 7.09. The van der Waals surface area contributed by atoms with Gasteiger partial charge in [-0.25, -0.2) is 0 Å². The van der Waals surface area contributed by atoms with Crippen LogP contribution in [0.2, 0.25) is 0 Å². The molecule has 0 saturated heterocycles. The first-order valence-electron chi connectivity index (χ1n) is 10.3. The van der Waals surface area contributed by atoms with Crippen molar-refractivity contribution in [1.82, 2.24) is 5.32 Å². The van der Waals surface area contributed by atoms with E-state index in [0.29, 0.717) is 0 Å². The lowest BCUT2D eigenvalue weighted by atomic mass is 9.90. The number of ether oxygens (including phenoxy) is 1. The predicted molar refractivity (Wildman–Crippen MR) is 125 cm³/mol. The molecule has 0 bridgehead atoms. The SMILES string of the molecule is O=C(NCC#CCOc1cccc2ccccc12)C(c1ccccc1)c1ccccc1. The van der Waals surface area contributed by atoms with Crippen LogP contribution in [0, 0.1) is 11.8 Å². The van der Waals surface area contributed by atoms with E-state index in [-0.39, 0.29) is 25.0 Å². The summed E-state index contributed by atoms with van der Waals surface area (Å²) >= 11 is 0. The lowest BCUT2D eigenvalue weighted by Gasteiger charge is -2.17. The third kappa shape index (κ3) is 5.12. The van der Waals surface area contributed by atoms with Gasteiger partial charge < -0.3 is 10.1 Å². The Kier molecular flexibility index (Phi) is 6.62. The fraction of sp³-hybridized carbons (Fsp3) is 0.107. The average molecular weight is 405 g/mol. The number of amides is 1. The number of carbonyl (C=O) groups is 1. The average Bonchev–Trinajstić information content (AvgIpc) is 2.83. The van der Waals surface area contributed by atoms with Gasteiger partial charge in [0.2, 0.25) is 5.91 Å². The molecule has 0 atom stereocenters. The Bertz CT molecular complexity index is 1160. The summed E-state index contributed by atoms with van der Waals surface area (Å²) in [5.74, 6) is 6.35. The molecule has 0 aliphatic rings. The molecular weight excluding hydrogens is 382 g/mol. The largest absolute Gasteiger partial charge is 0.480 e.